The van der Waals surface area contributed by atoms with E-state index in [1.165, 1.54) is 13.2 Å². The lowest BCUT2D eigenvalue weighted by Gasteiger charge is -2.07. The minimum absolute atomic E-state index is 0.0863. The molecule has 0 fully saturated rings. The second-order valence-electron chi connectivity index (χ2n) is 6.09. The van der Waals surface area contributed by atoms with E-state index >= 15 is 0 Å². The van der Waals surface area contributed by atoms with Gasteiger partial charge in [-0.1, -0.05) is 30.3 Å². The third-order valence-corrected chi connectivity index (χ3v) is 4.35. The highest BCUT2D eigenvalue weighted by Gasteiger charge is 2.38. The summed E-state index contributed by atoms with van der Waals surface area (Å²) in [6, 6.07) is 16.0. The van der Waals surface area contributed by atoms with Crippen molar-refractivity contribution < 1.29 is 17.9 Å². The summed E-state index contributed by atoms with van der Waals surface area (Å²) in [6.07, 6.45) is -4.68. The van der Waals surface area contributed by atoms with Crippen molar-refractivity contribution in [3.8, 4) is 28.1 Å². The van der Waals surface area contributed by atoms with Crippen LogP contribution in [0.5, 0.6) is 5.75 Å². The molecule has 0 aliphatic heterocycles. The smallest absolute Gasteiger partial charge is 0.433 e. The Morgan fingerprint density at radius 3 is 2.29 bits per heavy atom. The molecule has 0 unspecified atom stereocenters. The van der Waals surface area contributed by atoms with Crippen molar-refractivity contribution in [2.45, 2.75) is 6.18 Å². The van der Waals surface area contributed by atoms with Gasteiger partial charge in [0.2, 0.25) is 0 Å². The number of aromatic amines is 1. The van der Waals surface area contributed by atoms with Crippen LogP contribution in [0.4, 0.5) is 13.2 Å². The van der Waals surface area contributed by atoms with Gasteiger partial charge in [0.1, 0.15) is 11.4 Å². The molecule has 0 saturated heterocycles. The zero-order valence-electron chi connectivity index (χ0n) is 14.6. The van der Waals surface area contributed by atoms with Gasteiger partial charge in [0.15, 0.2) is 5.65 Å². The maximum Gasteiger partial charge on any atom is 0.433 e. The molecule has 1 N–H and O–H groups in total. The van der Waals surface area contributed by atoms with E-state index in [0.29, 0.717) is 16.9 Å². The molecule has 2 heterocycles. The Kier molecular flexibility index (Phi) is 4.18. The number of fused-ring (bicyclic) bond motifs is 1. The van der Waals surface area contributed by atoms with Gasteiger partial charge in [-0.25, -0.2) is 9.50 Å². The summed E-state index contributed by atoms with van der Waals surface area (Å²) in [5.74, 6) is 0.618. The third kappa shape index (κ3) is 3.02. The zero-order valence-corrected chi connectivity index (χ0v) is 14.6. The van der Waals surface area contributed by atoms with Crippen molar-refractivity contribution in [3.05, 3.63) is 76.7 Å². The fourth-order valence-electron chi connectivity index (χ4n) is 3.03. The summed E-state index contributed by atoms with van der Waals surface area (Å²) in [4.78, 5) is 16.9. The average Bonchev–Trinajstić information content (AvgIpc) is 3.09. The molecule has 0 amide bonds. The predicted octanol–water partition coefficient (Wildman–Crippen LogP) is 4.38. The first-order chi connectivity index (χ1) is 13.4. The number of hydrogen-bond acceptors (Lipinski definition) is 3. The van der Waals surface area contributed by atoms with Crippen LogP contribution >= 0.6 is 0 Å². The molecule has 0 bridgehead atoms. The Morgan fingerprint density at radius 1 is 1.00 bits per heavy atom. The molecule has 2 aromatic heterocycles. The van der Waals surface area contributed by atoms with E-state index in [2.05, 4.69) is 10.1 Å². The number of halogens is 3. The summed E-state index contributed by atoms with van der Waals surface area (Å²) in [5.41, 5.74) is -0.727. The van der Waals surface area contributed by atoms with E-state index in [1.54, 1.807) is 54.6 Å². The van der Waals surface area contributed by atoms with E-state index in [-0.39, 0.29) is 16.9 Å². The number of aromatic nitrogens is 3. The minimum Gasteiger partial charge on any atom is -0.497 e. The maximum absolute atomic E-state index is 13.6. The van der Waals surface area contributed by atoms with Crippen molar-refractivity contribution >= 4 is 5.65 Å². The molecule has 0 spiro atoms. The van der Waals surface area contributed by atoms with Crippen molar-refractivity contribution in [2.24, 2.45) is 0 Å². The fraction of sp³-hybridized carbons (Fsp3) is 0.100. The van der Waals surface area contributed by atoms with Gasteiger partial charge in [0.05, 0.1) is 18.4 Å². The fourth-order valence-corrected chi connectivity index (χ4v) is 3.03. The highest BCUT2D eigenvalue weighted by atomic mass is 19.4. The Morgan fingerprint density at radius 2 is 1.68 bits per heavy atom. The van der Waals surface area contributed by atoms with Crippen molar-refractivity contribution in [1.82, 2.24) is 14.6 Å². The van der Waals surface area contributed by atoms with Crippen LogP contribution in [0, 0.1) is 0 Å². The number of hydrogen-bond donors (Lipinski definition) is 1. The highest BCUT2D eigenvalue weighted by Crippen LogP contribution is 2.38. The van der Waals surface area contributed by atoms with E-state index < -0.39 is 17.4 Å². The van der Waals surface area contributed by atoms with E-state index in [4.69, 9.17) is 4.74 Å². The first-order valence-electron chi connectivity index (χ1n) is 8.31. The maximum atomic E-state index is 13.6. The molecule has 4 aromatic rings. The lowest BCUT2D eigenvalue weighted by atomic mass is 10.1. The molecule has 142 valence electrons. The van der Waals surface area contributed by atoms with Crippen molar-refractivity contribution in [2.75, 3.05) is 7.11 Å². The van der Waals surface area contributed by atoms with E-state index in [9.17, 15) is 18.0 Å². The minimum atomic E-state index is -4.68. The van der Waals surface area contributed by atoms with Crippen LogP contribution in [0.15, 0.2) is 65.5 Å². The molecule has 2 aromatic carbocycles. The second-order valence-corrected chi connectivity index (χ2v) is 6.09. The van der Waals surface area contributed by atoms with E-state index in [1.807, 2.05) is 0 Å². The summed E-state index contributed by atoms with van der Waals surface area (Å²) >= 11 is 0. The van der Waals surface area contributed by atoms with Crippen molar-refractivity contribution in [3.63, 3.8) is 0 Å². The summed E-state index contributed by atoms with van der Waals surface area (Å²) in [6.45, 7) is 0. The molecule has 0 saturated carbocycles. The molecule has 28 heavy (non-hydrogen) atoms. The summed E-state index contributed by atoms with van der Waals surface area (Å²) in [7, 11) is 1.52. The Labute approximate surface area is 157 Å². The standard InChI is InChI=1S/C20H14F3N3O2/c1-28-14-9-7-12(8-10-14)15-11-16(27)26-19(24-15)17(13-5-3-2-4-6-13)18(25-26)20(21,22)23/h2-11,25H,1H3. The first-order valence-corrected chi connectivity index (χ1v) is 8.31. The number of rotatable bonds is 3. The van der Waals surface area contributed by atoms with Gasteiger partial charge < -0.3 is 4.74 Å². The largest absolute Gasteiger partial charge is 0.497 e. The topological polar surface area (TPSA) is 59.4 Å². The lowest BCUT2D eigenvalue weighted by molar-refractivity contribution is -0.140. The van der Waals surface area contributed by atoms with Gasteiger partial charge in [-0.2, -0.15) is 13.2 Å². The molecule has 0 aliphatic rings. The van der Waals surface area contributed by atoms with Crippen LogP contribution in [-0.4, -0.2) is 21.7 Å². The Balaban J connectivity index is 2.01. The average molecular weight is 385 g/mol. The van der Waals surface area contributed by atoms with Crippen LogP contribution in [0.1, 0.15) is 5.69 Å². The van der Waals surface area contributed by atoms with Crippen LogP contribution in [0.25, 0.3) is 28.0 Å². The molecule has 0 radical (unpaired) electrons. The zero-order chi connectivity index (χ0) is 19.9. The van der Waals surface area contributed by atoms with Crippen LogP contribution in [0.2, 0.25) is 0 Å². The Hall–Kier alpha value is -3.55. The van der Waals surface area contributed by atoms with E-state index in [0.717, 1.165) is 4.52 Å². The van der Waals surface area contributed by atoms with Crippen molar-refractivity contribution in [1.29, 1.82) is 0 Å². The molecular formula is C20H14F3N3O2. The van der Waals surface area contributed by atoms with Gasteiger partial charge in [-0.3, -0.25) is 9.89 Å². The number of nitrogens with zero attached hydrogens (tertiary/aromatic N) is 2. The van der Waals surface area contributed by atoms with Crippen LogP contribution in [-0.2, 0) is 6.18 Å². The highest BCUT2D eigenvalue weighted by molar-refractivity contribution is 5.81. The summed E-state index contributed by atoms with van der Waals surface area (Å²) < 4.78 is 46.8. The number of ether oxygens (including phenoxy) is 1. The second kappa shape index (κ2) is 6.56. The molecular weight excluding hydrogens is 371 g/mol. The number of alkyl halides is 3. The number of benzene rings is 2. The van der Waals surface area contributed by atoms with Gasteiger partial charge in [-0.15, -0.1) is 0 Å². The number of H-pyrrole nitrogens is 1. The number of methoxy groups -OCH3 is 1. The molecule has 5 nitrogen and oxygen atoms in total. The summed E-state index contributed by atoms with van der Waals surface area (Å²) in [5, 5.41) is 2.16. The van der Waals surface area contributed by atoms with Gasteiger partial charge in [0, 0.05) is 11.6 Å². The van der Waals surface area contributed by atoms with Gasteiger partial charge in [0.25, 0.3) is 5.56 Å². The number of nitrogens with one attached hydrogen (secondary N) is 1. The predicted molar refractivity (Wildman–Crippen MR) is 98.2 cm³/mol. The normalized spacial score (nSPS) is 11.7. The SMILES string of the molecule is COc1ccc(-c2cc(=O)n3[nH]c(C(F)(F)F)c(-c4ccccc4)c3n2)cc1. The van der Waals surface area contributed by atoms with Crippen LogP contribution in [0.3, 0.4) is 0 Å². The third-order valence-electron chi connectivity index (χ3n) is 4.35. The molecule has 4 rings (SSSR count). The Bertz CT molecular complexity index is 1190. The quantitative estimate of drug-likeness (QED) is 0.569. The first kappa shape index (κ1) is 17.8. The molecule has 0 atom stereocenters. The molecule has 8 heteroatoms. The van der Waals surface area contributed by atoms with Crippen LogP contribution < -0.4 is 10.3 Å². The molecule has 0 aliphatic carbocycles. The monoisotopic (exact) mass is 385 g/mol. The lowest BCUT2D eigenvalue weighted by Crippen LogP contribution is -2.15. The van der Waals surface area contributed by atoms with Gasteiger partial charge in [-0.05, 0) is 29.8 Å². The van der Waals surface area contributed by atoms with Gasteiger partial charge >= 0.3 is 6.18 Å².